The molecule has 5 aliphatic rings. The minimum Gasteiger partial charge on any atom is -0.496 e. The molecule has 2 bridgehead atoms. The lowest BCUT2D eigenvalue weighted by Crippen LogP contribution is -2.58. The Kier molecular flexibility index (Phi) is 2.21. The molecule has 5 aliphatic carbocycles. The summed E-state index contributed by atoms with van der Waals surface area (Å²) >= 11 is 0. The first-order valence-electron chi connectivity index (χ1n) is 8.06. The van der Waals surface area contributed by atoms with E-state index in [1.165, 1.54) is 11.1 Å². The monoisotopic (exact) mass is 292 g/mol. The zero-order valence-corrected chi connectivity index (χ0v) is 13.0. The van der Waals surface area contributed by atoms with Gasteiger partial charge in [-0.1, -0.05) is 36.5 Å². The zero-order chi connectivity index (χ0) is 14.9. The van der Waals surface area contributed by atoms with Gasteiger partial charge in [-0.15, -0.1) is 0 Å². The lowest BCUT2D eigenvalue weighted by molar-refractivity contribution is 0.0341. The van der Waals surface area contributed by atoms with E-state index < -0.39 is 0 Å². The van der Waals surface area contributed by atoms with Gasteiger partial charge in [-0.3, -0.25) is 0 Å². The minimum atomic E-state index is 0.244. The molecule has 0 amide bonds. The standard InChI is InChI=1S/C20H20O2/c1-21-15-7-8-16(22-2)18-14-6-5-13(17(15)18)19-9-3-4-10-20(14,19)12-11-19/h3-8,11-14H,9-10H2,1-2H3/t13-,14-,19+,20+/m1/s1. The van der Waals surface area contributed by atoms with Crippen LogP contribution in [-0.4, -0.2) is 14.2 Å². The van der Waals surface area contributed by atoms with E-state index >= 15 is 0 Å². The molecule has 0 heterocycles. The largest absolute Gasteiger partial charge is 0.496 e. The Morgan fingerprint density at radius 2 is 1.27 bits per heavy atom. The van der Waals surface area contributed by atoms with E-state index in [-0.39, 0.29) is 10.8 Å². The maximum Gasteiger partial charge on any atom is 0.123 e. The van der Waals surface area contributed by atoms with E-state index in [2.05, 4.69) is 48.6 Å². The summed E-state index contributed by atoms with van der Waals surface area (Å²) in [5.41, 5.74) is 3.19. The van der Waals surface area contributed by atoms with Crippen LogP contribution in [0.25, 0.3) is 0 Å². The van der Waals surface area contributed by atoms with Crippen LogP contribution in [0.3, 0.4) is 0 Å². The van der Waals surface area contributed by atoms with Gasteiger partial charge >= 0.3 is 0 Å². The van der Waals surface area contributed by atoms with Gasteiger partial charge in [0.2, 0.25) is 0 Å². The Morgan fingerprint density at radius 3 is 1.64 bits per heavy atom. The zero-order valence-electron chi connectivity index (χ0n) is 13.0. The summed E-state index contributed by atoms with van der Waals surface area (Å²) in [6.45, 7) is 0. The van der Waals surface area contributed by atoms with Crippen molar-refractivity contribution < 1.29 is 9.47 Å². The molecular weight excluding hydrogens is 272 g/mol. The molecule has 1 aromatic rings. The minimum absolute atomic E-state index is 0.244. The maximum atomic E-state index is 5.71. The van der Waals surface area contributed by atoms with Crippen LogP contribution in [0, 0.1) is 10.8 Å². The van der Waals surface area contributed by atoms with Gasteiger partial charge in [0, 0.05) is 33.8 Å². The van der Waals surface area contributed by atoms with E-state index in [0.717, 1.165) is 24.3 Å². The number of ether oxygens (including phenoxy) is 2. The molecule has 0 saturated carbocycles. The lowest BCUT2D eigenvalue weighted by Gasteiger charge is -2.66. The van der Waals surface area contributed by atoms with Gasteiger partial charge in [0.25, 0.3) is 0 Å². The number of hydrogen-bond donors (Lipinski definition) is 0. The van der Waals surface area contributed by atoms with Crippen LogP contribution >= 0.6 is 0 Å². The number of methoxy groups -OCH3 is 2. The molecule has 0 radical (unpaired) electrons. The van der Waals surface area contributed by atoms with Gasteiger partial charge < -0.3 is 9.47 Å². The van der Waals surface area contributed by atoms with Crippen LogP contribution < -0.4 is 9.47 Å². The van der Waals surface area contributed by atoms with Gasteiger partial charge in [-0.25, -0.2) is 0 Å². The van der Waals surface area contributed by atoms with Gasteiger partial charge in [0.15, 0.2) is 0 Å². The topological polar surface area (TPSA) is 18.5 Å². The van der Waals surface area contributed by atoms with Gasteiger partial charge in [0.1, 0.15) is 11.5 Å². The summed E-state index contributed by atoms with van der Waals surface area (Å²) in [5.74, 6) is 2.81. The summed E-state index contributed by atoms with van der Waals surface area (Å²) in [6, 6.07) is 4.12. The predicted molar refractivity (Wildman–Crippen MR) is 86.5 cm³/mol. The van der Waals surface area contributed by atoms with Crippen LogP contribution in [0.4, 0.5) is 0 Å². The first-order valence-corrected chi connectivity index (χ1v) is 8.06. The molecule has 6 rings (SSSR count). The van der Waals surface area contributed by atoms with E-state index in [1.807, 2.05) is 0 Å². The molecule has 1 aromatic carbocycles. The third kappa shape index (κ3) is 1.10. The van der Waals surface area contributed by atoms with Crippen LogP contribution in [0.2, 0.25) is 0 Å². The summed E-state index contributed by atoms with van der Waals surface area (Å²) in [4.78, 5) is 0. The van der Waals surface area contributed by atoms with Gasteiger partial charge in [-0.2, -0.15) is 0 Å². The van der Waals surface area contributed by atoms with Crippen molar-refractivity contribution in [1.29, 1.82) is 0 Å². The number of benzene rings is 1. The van der Waals surface area contributed by atoms with E-state index in [1.54, 1.807) is 14.2 Å². The third-order valence-corrected chi connectivity index (χ3v) is 6.50. The first kappa shape index (κ1) is 12.6. The highest BCUT2D eigenvalue weighted by Gasteiger charge is 2.66. The van der Waals surface area contributed by atoms with Crippen molar-refractivity contribution in [2.24, 2.45) is 10.8 Å². The molecule has 112 valence electrons. The van der Waals surface area contributed by atoms with Crippen molar-refractivity contribution in [3.8, 4) is 11.5 Å². The fraction of sp³-hybridized carbons (Fsp3) is 0.400. The average molecular weight is 292 g/mol. The summed E-state index contributed by atoms with van der Waals surface area (Å²) in [5, 5.41) is 0. The third-order valence-electron chi connectivity index (χ3n) is 6.50. The van der Waals surface area contributed by atoms with Crippen LogP contribution in [-0.2, 0) is 0 Å². The van der Waals surface area contributed by atoms with Crippen molar-refractivity contribution in [2.75, 3.05) is 14.2 Å². The lowest BCUT2D eigenvalue weighted by atomic mass is 9.36. The molecule has 0 unspecified atom stereocenters. The molecule has 0 fully saturated rings. The second-order valence-corrected chi connectivity index (χ2v) is 6.93. The summed E-state index contributed by atoms with van der Waals surface area (Å²) in [7, 11) is 3.55. The summed E-state index contributed by atoms with van der Waals surface area (Å²) < 4.78 is 11.4. The molecule has 0 spiro atoms. The van der Waals surface area contributed by atoms with Crippen molar-refractivity contribution in [3.05, 3.63) is 59.7 Å². The molecule has 2 heteroatoms. The molecule has 0 saturated heterocycles. The Balaban J connectivity index is 1.84. The fourth-order valence-electron chi connectivity index (χ4n) is 5.49. The van der Waals surface area contributed by atoms with Gasteiger partial charge in [0.05, 0.1) is 14.2 Å². The van der Waals surface area contributed by atoms with E-state index in [4.69, 9.17) is 9.47 Å². The predicted octanol–water partition coefficient (Wildman–Crippen LogP) is 4.35. The molecule has 2 nitrogen and oxygen atoms in total. The number of rotatable bonds is 2. The fourth-order valence-corrected chi connectivity index (χ4v) is 5.49. The Labute approximate surface area is 131 Å². The van der Waals surface area contributed by atoms with Gasteiger partial charge in [-0.05, 0) is 25.0 Å². The highest BCUT2D eigenvalue weighted by molar-refractivity contribution is 5.65. The smallest absolute Gasteiger partial charge is 0.123 e. The summed E-state index contributed by atoms with van der Waals surface area (Å²) in [6.07, 6.45) is 16.7. The van der Waals surface area contributed by atoms with Crippen molar-refractivity contribution in [1.82, 2.24) is 0 Å². The van der Waals surface area contributed by atoms with E-state index in [9.17, 15) is 0 Å². The maximum absolute atomic E-state index is 5.71. The van der Waals surface area contributed by atoms with Crippen molar-refractivity contribution in [3.63, 3.8) is 0 Å². The van der Waals surface area contributed by atoms with Crippen LogP contribution in [0.1, 0.15) is 35.8 Å². The Morgan fingerprint density at radius 1 is 0.818 bits per heavy atom. The van der Waals surface area contributed by atoms with Crippen LogP contribution in [0.5, 0.6) is 11.5 Å². The quantitative estimate of drug-likeness (QED) is 0.755. The van der Waals surface area contributed by atoms with Crippen molar-refractivity contribution in [2.45, 2.75) is 24.7 Å². The van der Waals surface area contributed by atoms with E-state index in [0.29, 0.717) is 11.8 Å². The van der Waals surface area contributed by atoms with Crippen LogP contribution in [0.15, 0.2) is 48.6 Å². The normalized spacial score (nSPS) is 38.8. The Bertz CT molecular complexity index is 696. The molecule has 0 aliphatic heterocycles. The highest BCUT2D eigenvalue weighted by atomic mass is 16.5. The SMILES string of the molecule is COc1ccc(OC)c2c1[C@H]1C=C[C@H]2[C@]23C=C[C@@]12CC=CC3. The number of hydrogen-bond acceptors (Lipinski definition) is 2. The molecule has 0 aromatic heterocycles. The number of allylic oxidation sites excluding steroid dienone is 6. The molecular formula is C20H20O2. The second kappa shape index (κ2) is 3.87. The first-order chi connectivity index (χ1) is 10.8. The molecule has 22 heavy (non-hydrogen) atoms. The Hall–Kier alpha value is -1.96. The van der Waals surface area contributed by atoms with Crippen molar-refractivity contribution >= 4 is 0 Å². The molecule has 4 atom stereocenters. The average Bonchev–Trinajstić information content (AvgIpc) is 2.55. The highest BCUT2D eigenvalue weighted by Crippen LogP contribution is 2.76. The molecule has 0 N–H and O–H groups in total. The second-order valence-electron chi connectivity index (χ2n) is 6.93.